The fourth-order valence-corrected chi connectivity index (χ4v) is 1.96. The standard InChI is InChI=1S/C9H12N4OS/c1-6-12-9(14-13-6)5-10-3-8-4-11-7(2)15-8/h4,10H,3,5H2,1-2H3. The Labute approximate surface area is 91.5 Å². The number of hydrogen-bond donors (Lipinski definition) is 1. The minimum absolute atomic E-state index is 0.595. The second-order valence-electron chi connectivity index (χ2n) is 3.18. The van der Waals surface area contributed by atoms with Gasteiger partial charge in [-0.15, -0.1) is 11.3 Å². The van der Waals surface area contributed by atoms with E-state index < -0.39 is 0 Å². The molecule has 0 amide bonds. The number of nitrogens with zero attached hydrogens (tertiary/aromatic N) is 3. The topological polar surface area (TPSA) is 63.8 Å². The van der Waals surface area contributed by atoms with Crippen molar-refractivity contribution in [1.82, 2.24) is 20.4 Å². The van der Waals surface area contributed by atoms with Crippen LogP contribution in [-0.4, -0.2) is 15.1 Å². The third-order valence-electron chi connectivity index (χ3n) is 1.81. The Morgan fingerprint density at radius 1 is 1.40 bits per heavy atom. The Morgan fingerprint density at radius 3 is 2.87 bits per heavy atom. The van der Waals surface area contributed by atoms with E-state index in [1.165, 1.54) is 4.88 Å². The molecule has 2 aromatic rings. The third-order valence-corrected chi connectivity index (χ3v) is 2.73. The summed E-state index contributed by atoms with van der Waals surface area (Å²) in [4.78, 5) is 9.48. The quantitative estimate of drug-likeness (QED) is 0.851. The van der Waals surface area contributed by atoms with Crippen molar-refractivity contribution in [3.63, 3.8) is 0 Å². The van der Waals surface area contributed by atoms with Crippen molar-refractivity contribution in [3.05, 3.63) is 27.8 Å². The van der Waals surface area contributed by atoms with Crippen LogP contribution in [0.5, 0.6) is 0 Å². The first-order valence-electron chi connectivity index (χ1n) is 4.65. The molecule has 0 aliphatic heterocycles. The Hall–Kier alpha value is -1.27. The van der Waals surface area contributed by atoms with Crippen LogP contribution in [0.2, 0.25) is 0 Å². The molecular formula is C9H12N4OS. The van der Waals surface area contributed by atoms with E-state index >= 15 is 0 Å². The van der Waals surface area contributed by atoms with Gasteiger partial charge in [0.25, 0.3) is 0 Å². The van der Waals surface area contributed by atoms with Crippen LogP contribution in [0, 0.1) is 13.8 Å². The van der Waals surface area contributed by atoms with Gasteiger partial charge >= 0.3 is 0 Å². The fraction of sp³-hybridized carbons (Fsp3) is 0.444. The summed E-state index contributed by atoms with van der Waals surface area (Å²) < 4.78 is 4.97. The van der Waals surface area contributed by atoms with Crippen LogP contribution in [0.1, 0.15) is 21.6 Å². The molecule has 0 aromatic carbocycles. The molecule has 0 saturated heterocycles. The van der Waals surface area contributed by atoms with E-state index in [9.17, 15) is 0 Å². The van der Waals surface area contributed by atoms with Crippen molar-refractivity contribution in [3.8, 4) is 0 Å². The zero-order chi connectivity index (χ0) is 10.7. The summed E-state index contributed by atoms with van der Waals surface area (Å²) in [7, 11) is 0. The Morgan fingerprint density at radius 2 is 2.27 bits per heavy atom. The lowest BCUT2D eigenvalue weighted by atomic mass is 10.5. The summed E-state index contributed by atoms with van der Waals surface area (Å²) in [5, 5.41) is 8.01. The van der Waals surface area contributed by atoms with Crippen molar-refractivity contribution < 1.29 is 4.52 Å². The highest BCUT2D eigenvalue weighted by Crippen LogP contribution is 2.10. The summed E-state index contributed by atoms with van der Waals surface area (Å²) in [5.41, 5.74) is 0. The lowest BCUT2D eigenvalue weighted by molar-refractivity contribution is 0.364. The zero-order valence-electron chi connectivity index (χ0n) is 8.65. The summed E-state index contributed by atoms with van der Waals surface area (Å²) in [6.07, 6.45) is 1.88. The molecule has 80 valence electrons. The van der Waals surface area contributed by atoms with E-state index in [0.29, 0.717) is 18.3 Å². The molecule has 6 heteroatoms. The summed E-state index contributed by atoms with van der Waals surface area (Å²) in [6, 6.07) is 0. The van der Waals surface area contributed by atoms with Gasteiger partial charge in [0, 0.05) is 17.6 Å². The predicted molar refractivity (Wildman–Crippen MR) is 56.4 cm³/mol. The molecule has 0 bridgehead atoms. The molecule has 2 heterocycles. The number of hydrogen-bond acceptors (Lipinski definition) is 6. The van der Waals surface area contributed by atoms with E-state index in [4.69, 9.17) is 4.52 Å². The van der Waals surface area contributed by atoms with Gasteiger partial charge in [0.15, 0.2) is 5.82 Å². The maximum Gasteiger partial charge on any atom is 0.240 e. The third kappa shape index (κ3) is 2.84. The van der Waals surface area contributed by atoms with Gasteiger partial charge in [0.2, 0.25) is 5.89 Å². The van der Waals surface area contributed by atoms with Crippen LogP contribution >= 0.6 is 11.3 Å². The number of nitrogens with one attached hydrogen (secondary N) is 1. The maximum absolute atomic E-state index is 4.97. The van der Waals surface area contributed by atoms with Gasteiger partial charge in [-0.25, -0.2) is 4.98 Å². The second kappa shape index (κ2) is 4.50. The summed E-state index contributed by atoms with van der Waals surface area (Å²) in [6.45, 7) is 5.18. The molecule has 0 aliphatic carbocycles. The SMILES string of the molecule is Cc1noc(CNCc2cnc(C)s2)n1. The molecule has 5 nitrogen and oxygen atoms in total. The van der Waals surface area contributed by atoms with Crippen molar-refractivity contribution in [2.45, 2.75) is 26.9 Å². The van der Waals surface area contributed by atoms with Gasteiger partial charge in [-0.3, -0.25) is 0 Å². The van der Waals surface area contributed by atoms with Gasteiger partial charge in [0.05, 0.1) is 11.6 Å². The maximum atomic E-state index is 4.97. The van der Waals surface area contributed by atoms with Gasteiger partial charge in [-0.05, 0) is 13.8 Å². The molecule has 2 aromatic heterocycles. The van der Waals surface area contributed by atoms with Crippen molar-refractivity contribution in [2.24, 2.45) is 0 Å². The minimum Gasteiger partial charge on any atom is -0.338 e. The minimum atomic E-state index is 0.595. The number of thiazole rings is 1. The van der Waals surface area contributed by atoms with Crippen LogP contribution < -0.4 is 5.32 Å². The Bertz CT molecular complexity index is 397. The highest BCUT2D eigenvalue weighted by Gasteiger charge is 2.02. The Kier molecular flexibility index (Phi) is 3.08. The van der Waals surface area contributed by atoms with Crippen LogP contribution in [0.3, 0.4) is 0 Å². The van der Waals surface area contributed by atoms with Crippen LogP contribution in [0.25, 0.3) is 0 Å². The summed E-state index contributed by atoms with van der Waals surface area (Å²) in [5.74, 6) is 1.29. The van der Waals surface area contributed by atoms with Crippen LogP contribution in [0.4, 0.5) is 0 Å². The molecule has 0 atom stereocenters. The van der Waals surface area contributed by atoms with Gasteiger partial charge in [0.1, 0.15) is 0 Å². The Balaban J connectivity index is 1.80. The molecule has 0 radical (unpaired) electrons. The normalized spacial score (nSPS) is 10.8. The smallest absolute Gasteiger partial charge is 0.240 e. The van der Waals surface area contributed by atoms with E-state index in [-0.39, 0.29) is 0 Å². The predicted octanol–water partition coefficient (Wildman–Crippen LogP) is 1.43. The fourth-order valence-electron chi connectivity index (χ4n) is 1.19. The molecule has 1 N–H and O–H groups in total. The molecule has 0 spiro atoms. The average molecular weight is 224 g/mol. The van der Waals surface area contributed by atoms with E-state index in [0.717, 1.165) is 11.6 Å². The molecule has 0 saturated carbocycles. The average Bonchev–Trinajstić information content (AvgIpc) is 2.76. The number of aryl methyl sites for hydroxylation is 2. The lowest BCUT2D eigenvalue weighted by Gasteiger charge is -1.96. The van der Waals surface area contributed by atoms with Crippen molar-refractivity contribution in [1.29, 1.82) is 0 Å². The van der Waals surface area contributed by atoms with Gasteiger partial charge in [-0.1, -0.05) is 5.16 Å². The molecule has 2 rings (SSSR count). The van der Waals surface area contributed by atoms with Gasteiger partial charge in [-0.2, -0.15) is 4.98 Å². The largest absolute Gasteiger partial charge is 0.338 e. The molecule has 0 fully saturated rings. The number of aromatic nitrogens is 3. The molecule has 0 aliphatic rings. The molecule has 15 heavy (non-hydrogen) atoms. The van der Waals surface area contributed by atoms with E-state index in [2.05, 4.69) is 20.4 Å². The number of rotatable bonds is 4. The summed E-state index contributed by atoms with van der Waals surface area (Å²) >= 11 is 1.69. The first-order valence-corrected chi connectivity index (χ1v) is 5.47. The molecular weight excluding hydrogens is 212 g/mol. The van der Waals surface area contributed by atoms with E-state index in [1.54, 1.807) is 18.3 Å². The van der Waals surface area contributed by atoms with E-state index in [1.807, 2.05) is 13.1 Å². The lowest BCUT2D eigenvalue weighted by Crippen LogP contribution is -2.11. The highest BCUT2D eigenvalue weighted by atomic mass is 32.1. The first kappa shape index (κ1) is 10.3. The van der Waals surface area contributed by atoms with Gasteiger partial charge < -0.3 is 9.84 Å². The van der Waals surface area contributed by atoms with Crippen molar-refractivity contribution >= 4 is 11.3 Å². The monoisotopic (exact) mass is 224 g/mol. The van der Waals surface area contributed by atoms with Crippen LogP contribution in [-0.2, 0) is 13.1 Å². The second-order valence-corrected chi connectivity index (χ2v) is 4.50. The van der Waals surface area contributed by atoms with Crippen molar-refractivity contribution in [2.75, 3.05) is 0 Å². The first-order chi connectivity index (χ1) is 7.24. The highest BCUT2D eigenvalue weighted by molar-refractivity contribution is 7.11. The zero-order valence-corrected chi connectivity index (χ0v) is 9.47. The molecule has 0 unspecified atom stereocenters. The van der Waals surface area contributed by atoms with Crippen LogP contribution in [0.15, 0.2) is 10.7 Å².